The predicted molar refractivity (Wildman–Crippen MR) is 56.4 cm³/mol. The van der Waals surface area contributed by atoms with Gasteiger partial charge in [0.2, 0.25) is 0 Å². The van der Waals surface area contributed by atoms with Gasteiger partial charge in [-0.25, -0.2) is 0 Å². The molecule has 0 spiro atoms. The molecule has 1 N–H and O–H groups in total. The van der Waals surface area contributed by atoms with E-state index in [-0.39, 0.29) is 5.75 Å². The van der Waals surface area contributed by atoms with E-state index >= 15 is 0 Å². The molecule has 0 aliphatic heterocycles. The number of hydrogen-bond donors (Lipinski definition) is 1. The zero-order chi connectivity index (χ0) is 10.2. The molecule has 1 aromatic carbocycles. The smallest absolute Gasteiger partial charge is 0.120 e. The first-order chi connectivity index (χ1) is 6.72. The number of aromatic hydroxyl groups is 1. The summed E-state index contributed by atoms with van der Waals surface area (Å²) in [5, 5.41) is 18.7. The minimum atomic E-state index is -0.393. The van der Waals surface area contributed by atoms with Gasteiger partial charge in [0.25, 0.3) is 0 Å². The molecule has 0 saturated heterocycles. The molecule has 1 saturated carbocycles. The lowest BCUT2D eigenvalue weighted by atomic mass is 9.97. The van der Waals surface area contributed by atoms with Crippen LogP contribution in [0, 0.1) is 11.3 Å². The Kier molecular flexibility index (Phi) is 2.16. The van der Waals surface area contributed by atoms with E-state index in [2.05, 4.69) is 6.07 Å². The average molecular weight is 205 g/mol. The van der Waals surface area contributed by atoms with Gasteiger partial charge in [0.05, 0.1) is 11.5 Å². The van der Waals surface area contributed by atoms with Gasteiger partial charge in [-0.1, -0.05) is 0 Å². The number of nitrogens with zero attached hydrogens (tertiary/aromatic N) is 1. The van der Waals surface area contributed by atoms with Crippen LogP contribution >= 0.6 is 11.8 Å². The lowest BCUT2D eigenvalue weighted by Gasteiger charge is -2.09. The molecular weight excluding hydrogens is 194 g/mol. The van der Waals surface area contributed by atoms with Crippen LogP contribution in [-0.2, 0) is 5.41 Å². The number of phenolic OH excluding ortho intramolecular Hbond substituents is 1. The maximum atomic E-state index is 9.68. The Hall–Kier alpha value is -1.14. The van der Waals surface area contributed by atoms with Crippen molar-refractivity contribution in [3.8, 4) is 11.8 Å². The highest BCUT2D eigenvalue weighted by Gasteiger charge is 2.46. The highest BCUT2D eigenvalue weighted by molar-refractivity contribution is 7.98. The summed E-state index contributed by atoms with van der Waals surface area (Å²) < 4.78 is 0. The van der Waals surface area contributed by atoms with Crippen molar-refractivity contribution >= 4 is 11.8 Å². The van der Waals surface area contributed by atoms with Crippen molar-refractivity contribution in [2.24, 2.45) is 0 Å². The van der Waals surface area contributed by atoms with Gasteiger partial charge in [0.15, 0.2) is 0 Å². The van der Waals surface area contributed by atoms with Gasteiger partial charge in [-0.15, -0.1) is 11.8 Å². The monoisotopic (exact) mass is 205 g/mol. The van der Waals surface area contributed by atoms with Crippen molar-refractivity contribution in [3.63, 3.8) is 0 Å². The SMILES string of the molecule is CSc1ccc(O)c(C2(C#N)CC2)c1. The van der Waals surface area contributed by atoms with E-state index in [1.807, 2.05) is 18.4 Å². The number of nitriles is 1. The molecule has 0 aromatic heterocycles. The summed E-state index contributed by atoms with van der Waals surface area (Å²) in [7, 11) is 0. The van der Waals surface area contributed by atoms with Crippen molar-refractivity contribution in [1.29, 1.82) is 5.26 Å². The summed E-state index contributed by atoms with van der Waals surface area (Å²) in [6.07, 6.45) is 3.73. The van der Waals surface area contributed by atoms with Crippen molar-refractivity contribution in [2.45, 2.75) is 23.2 Å². The molecule has 0 unspecified atom stereocenters. The summed E-state index contributed by atoms with van der Waals surface area (Å²) >= 11 is 1.63. The van der Waals surface area contributed by atoms with Crippen molar-refractivity contribution in [3.05, 3.63) is 23.8 Å². The average Bonchev–Trinajstić information content (AvgIpc) is 2.99. The van der Waals surface area contributed by atoms with Crippen LogP contribution in [0.1, 0.15) is 18.4 Å². The first kappa shape index (κ1) is 9.42. The van der Waals surface area contributed by atoms with Gasteiger partial charge < -0.3 is 5.11 Å². The molecule has 1 aliphatic rings. The molecule has 1 fully saturated rings. The second-order valence-electron chi connectivity index (χ2n) is 3.58. The van der Waals surface area contributed by atoms with Crippen LogP contribution in [0.3, 0.4) is 0 Å². The van der Waals surface area contributed by atoms with Crippen LogP contribution in [0.2, 0.25) is 0 Å². The van der Waals surface area contributed by atoms with E-state index in [1.165, 1.54) is 0 Å². The van der Waals surface area contributed by atoms with Crippen LogP contribution in [0.15, 0.2) is 23.1 Å². The lowest BCUT2D eigenvalue weighted by molar-refractivity contribution is 0.464. The maximum absolute atomic E-state index is 9.68. The van der Waals surface area contributed by atoms with Gasteiger partial charge >= 0.3 is 0 Å². The Morgan fingerprint density at radius 3 is 2.71 bits per heavy atom. The molecule has 2 rings (SSSR count). The van der Waals surface area contributed by atoms with Gasteiger partial charge in [0, 0.05) is 10.5 Å². The van der Waals surface area contributed by atoms with Crippen LogP contribution in [0.4, 0.5) is 0 Å². The molecule has 2 nitrogen and oxygen atoms in total. The highest BCUT2D eigenvalue weighted by atomic mass is 32.2. The van der Waals surface area contributed by atoms with E-state index in [0.29, 0.717) is 0 Å². The number of thioether (sulfide) groups is 1. The third-order valence-electron chi connectivity index (χ3n) is 2.68. The molecule has 1 aromatic rings. The van der Waals surface area contributed by atoms with Gasteiger partial charge in [-0.05, 0) is 37.3 Å². The Morgan fingerprint density at radius 1 is 1.50 bits per heavy atom. The first-order valence-electron chi connectivity index (χ1n) is 4.50. The fraction of sp³-hybridized carbons (Fsp3) is 0.364. The first-order valence-corrected chi connectivity index (χ1v) is 5.73. The molecule has 0 bridgehead atoms. The predicted octanol–water partition coefficient (Wildman–Crippen LogP) is 2.67. The molecule has 0 atom stereocenters. The maximum Gasteiger partial charge on any atom is 0.120 e. The Labute approximate surface area is 87.6 Å². The molecule has 0 amide bonds. The summed E-state index contributed by atoms with van der Waals surface area (Å²) in [5.41, 5.74) is 0.405. The topological polar surface area (TPSA) is 44.0 Å². The minimum absolute atomic E-state index is 0.252. The summed E-state index contributed by atoms with van der Waals surface area (Å²) in [5.74, 6) is 0.252. The molecule has 72 valence electrons. The lowest BCUT2D eigenvalue weighted by Crippen LogP contribution is -2.02. The molecule has 1 aliphatic carbocycles. The highest BCUT2D eigenvalue weighted by Crippen LogP contribution is 2.51. The fourth-order valence-corrected chi connectivity index (χ4v) is 2.03. The van der Waals surface area contributed by atoms with Crippen LogP contribution in [0.5, 0.6) is 5.75 Å². The largest absolute Gasteiger partial charge is 0.508 e. The van der Waals surface area contributed by atoms with E-state index in [9.17, 15) is 5.11 Å². The summed E-state index contributed by atoms with van der Waals surface area (Å²) in [4.78, 5) is 1.10. The number of phenols is 1. The molecule has 14 heavy (non-hydrogen) atoms. The van der Waals surface area contributed by atoms with Crippen LogP contribution in [0.25, 0.3) is 0 Å². The number of benzene rings is 1. The summed E-state index contributed by atoms with van der Waals surface area (Å²) in [6.45, 7) is 0. The van der Waals surface area contributed by atoms with Crippen LogP contribution in [-0.4, -0.2) is 11.4 Å². The molecule has 0 radical (unpaired) electrons. The zero-order valence-electron chi connectivity index (χ0n) is 7.95. The fourth-order valence-electron chi connectivity index (χ4n) is 1.59. The number of hydrogen-bond acceptors (Lipinski definition) is 3. The standard InChI is InChI=1S/C11H11NOS/c1-14-8-2-3-10(13)9(6-8)11(7-12)4-5-11/h2-3,6,13H,4-5H2,1H3. The van der Waals surface area contributed by atoms with E-state index in [1.54, 1.807) is 17.8 Å². The van der Waals surface area contributed by atoms with Crippen LogP contribution < -0.4 is 0 Å². The Balaban J connectivity index is 2.47. The van der Waals surface area contributed by atoms with E-state index < -0.39 is 5.41 Å². The van der Waals surface area contributed by atoms with E-state index in [0.717, 1.165) is 23.3 Å². The quantitative estimate of drug-likeness (QED) is 0.755. The third-order valence-corrected chi connectivity index (χ3v) is 3.41. The number of rotatable bonds is 2. The second-order valence-corrected chi connectivity index (χ2v) is 4.46. The molecular formula is C11H11NOS. The van der Waals surface area contributed by atoms with Crippen molar-refractivity contribution < 1.29 is 5.11 Å². The summed E-state index contributed by atoms with van der Waals surface area (Å²) in [6, 6.07) is 7.77. The van der Waals surface area contributed by atoms with Gasteiger partial charge in [-0.2, -0.15) is 5.26 Å². The van der Waals surface area contributed by atoms with Gasteiger partial charge in [-0.3, -0.25) is 0 Å². The molecule has 3 heteroatoms. The van der Waals surface area contributed by atoms with Crippen molar-refractivity contribution in [2.75, 3.05) is 6.26 Å². The Morgan fingerprint density at radius 2 is 2.21 bits per heavy atom. The Bertz CT molecular complexity index is 404. The van der Waals surface area contributed by atoms with Crippen molar-refractivity contribution in [1.82, 2.24) is 0 Å². The third kappa shape index (κ3) is 1.36. The molecule has 0 heterocycles. The minimum Gasteiger partial charge on any atom is -0.508 e. The van der Waals surface area contributed by atoms with Gasteiger partial charge in [0.1, 0.15) is 5.75 Å². The zero-order valence-corrected chi connectivity index (χ0v) is 8.77. The second kappa shape index (κ2) is 3.21. The van der Waals surface area contributed by atoms with E-state index in [4.69, 9.17) is 5.26 Å². The normalized spacial score (nSPS) is 17.4.